The molecule has 1 N–H and O–H groups in total. The molecule has 3 heterocycles. The Kier molecular flexibility index (Phi) is 3.40. The molecule has 0 spiro atoms. The van der Waals surface area contributed by atoms with Gasteiger partial charge in [-0.2, -0.15) is 0 Å². The number of amides is 2. The number of carbonyl (C=O) groups excluding carboxylic acids is 2. The molecule has 1 aromatic heterocycles. The Bertz CT molecular complexity index is 559. The number of nitrogens with zero attached hydrogens (tertiary/aromatic N) is 2. The molecular weight excluding hydrogens is 258 g/mol. The maximum atomic E-state index is 12.7. The van der Waals surface area contributed by atoms with Crippen LogP contribution in [-0.2, 0) is 16.0 Å². The van der Waals surface area contributed by atoms with E-state index in [-0.39, 0.29) is 24.3 Å². The molecule has 1 atom stereocenters. The maximum absolute atomic E-state index is 12.7. The van der Waals surface area contributed by atoms with E-state index in [1.54, 1.807) is 17.2 Å². The Morgan fingerprint density at radius 2 is 2.40 bits per heavy atom. The van der Waals surface area contributed by atoms with Crippen LogP contribution in [0.25, 0.3) is 0 Å². The number of rotatable bonds is 1. The zero-order valence-corrected chi connectivity index (χ0v) is 11.4. The summed E-state index contributed by atoms with van der Waals surface area (Å²) in [6.07, 6.45) is 2.66. The van der Waals surface area contributed by atoms with E-state index in [0.29, 0.717) is 36.6 Å². The van der Waals surface area contributed by atoms with E-state index in [4.69, 9.17) is 4.74 Å². The molecule has 2 aliphatic heterocycles. The van der Waals surface area contributed by atoms with Gasteiger partial charge in [-0.3, -0.25) is 9.59 Å². The fraction of sp³-hybridized carbons (Fsp3) is 0.500. The lowest BCUT2D eigenvalue weighted by Gasteiger charge is -2.23. The number of carbonyl (C=O) groups is 2. The zero-order chi connectivity index (χ0) is 14.1. The van der Waals surface area contributed by atoms with E-state index in [1.807, 2.05) is 6.92 Å². The van der Waals surface area contributed by atoms with Crippen molar-refractivity contribution in [1.29, 1.82) is 0 Å². The standard InChI is InChI=1S/C14H17N3O3/c1-9-8-17(5-2-6-20-9)14(19)10-3-4-15-13-11(10)7-12(18)16-13/h3-4,9H,2,5-8H2,1H3,(H,15,16,18). The summed E-state index contributed by atoms with van der Waals surface area (Å²) in [5, 5.41) is 2.67. The van der Waals surface area contributed by atoms with Gasteiger partial charge in [0.15, 0.2) is 0 Å². The number of aromatic nitrogens is 1. The van der Waals surface area contributed by atoms with E-state index in [0.717, 1.165) is 6.42 Å². The summed E-state index contributed by atoms with van der Waals surface area (Å²) in [5.74, 6) is 0.359. The maximum Gasteiger partial charge on any atom is 0.254 e. The summed E-state index contributed by atoms with van der Waals surface area (Å²) in [4.78, 5) is 30.0. The van der Waals surface area contributed by atoms with Gasteiger partial charge in [-0.1, -0.05) is 0 Å². The van der Waals surface area contributed by atoms with Gasteiger partial charge >= 0.3 is 0 Å². The number of fused-ring (bicyclic) bond motifs is 1. The summed E-state index contributed by atoms with van der Waals surface area (Å²) < 4.78 is 5.56. The Morgan fingerprint density at radius 3 is 3.25 bits per heavy atom. The molecule has 6 heteroatoms. The summed E-state index contributed by atoms with van der Waals surface area (Å²) in [6, 6.07) is 1.69. The first-order chi connectivity index (χ1) is 9.65. The first-order valence-corrected chi connectivity index (χ1v) is 6.84. The van der Waals surface area contributed by atoms with Crippen molar-refractivity contribution >= 4 is 17.6 Å². The molecule has 1 unspecified atom stereocenters. The lowest BCUT2D eigenvalue weighted by molar-refractivity contribution is -0.115. The van der Waals surface area contributed by atoms with Gasteiger partial charge in [0.1, 0.15) is 5.82 Å². The summed E-state index contributed by atoms with van der Waals surface area (Å²) >= 11 is 0. The van der Waals surface area contributed by atoms with Crippen molar-refractivity contribution in [3.05, 3.63) is 23.4 Å². The number of ether oxygens (including phenoxy) is 1. The van der Waals surface area contributed by atoms with Crippen LogP contribution in [0.5, 0.6) is 0 Å². The van der Waals surface area contributed by atoms with Gasteiger partial charge in [-0.15, -0.1) is 0 Å². The second kappa shape index (κ2) is 5.20. The third-order valence-electron chi connectivity index (χ3n) is 3.62. The van der Waals surface area contributed by atoms with Gasteiger partial charge in [0.2, 0.25) is 5.91 Å². The van der Waals surface area contributed by atoms with Crippen LogP contribution in [0.1, 0.15) is 29.3 Å². The van der Waals surface area contributed by atoms with E-state index in [2.05, 4.69) is 10.3 Å². The number of hydrogen-bond acceptors (Lipinski definition) is 4. The SMILES string of the molecule is CC1CN(C(=O)c2ccnc3c2CC(=O)N3)CCCO1. The minimum absolute atomic E-state index is 0.0380. The molecule has 1 saturated heterocycles. The van der Waals surface area contributed by atoms with Gasteiger partial charge in [0.05, 0.1) is 12.5 Å². The minimum Gasteiger partial charge on any atom is -0.377 e. The molecule has 1 fully saturated rings. The molecular formula is C14H17N3O3. The van der Waals surface area contributed by atoms with Crippen molar-refractivity contribution in [1.82, 2.24) is 9.88 Å². The smallest absolute Gasteiger partial charge is 0.254 e. The Morgan fingerprint density at radius 1 is 1.55 bits per heavy atom. The van der Waals surface area contributed by atoms with Crippen LogP contribution >= 0.6 is 0 Å². The number of nitrogens with one attached hydrogen (secondary N) is 1. The third-order valence-corrected chi connectivity index (χ3v) is 3.62. The monoisotopic (exact) mass is 275 g/mol. The third kappa shape index (κ3) is 2.38. The Balaban J connectivity index is 1.88. The highest BCUT2D eigenvalue weighted by molar-refractivity contribution is 6.04. The molecule has 0 saturated carbocycles. The summed E-state index contributed by atoms with van der Waals surface area (Å²) in [7, 11) is 0. The van der Waals surface area contributed by atoms with Crippen molar-refractivity contribution in [2.75, 3.05) is 25.0 Å². The lowest BCUT2D eigenvalue weighted by Crippen LogP contribution is -2.36. The van der Waals surface area contributed by atoms with Gasteiger partial charge in [-0.25, -0.2) is 4.98 Å². The van der Waals surface area contributed by atoms with Crippen molar-refractivity contribution in [3.8, 4) is 0 Å². The zero-order valence-electron chi connectivity index (χ0n) is 11.4. The second-order valence-electron chi connectivity index (χ2n) is 5.20. The molecule has 20 heavy (non-hydrogen) atoms. The van der Waals surface area contributed by atoms with Crippen LogP contribution in [-0.4, -0.2) is 47.5 Å². The first kappa shape index (κ1) is 13.1. The number of anilines is 1. The lowest BCUT2D eigenvalue weighted by atomic mass is 10.1. The number of hydrogen-bond donors (Lipinski definition) is 1. The van der Waals surface area contributed by atoms with Crippen LogP contribution in [0, 0.1) is 0 Å². The van der Waals surface area contributed by atoms with Crippen molar-refractivity contribution in [2.24, 2.45) is 0 Å². The van der Waals surface area contributed by atoms with E-state index in [1.165, 1.54) is 0 Å². The largest absolute Gasteiger partial charge is 0.377 e. The van der Waals surface area contributed by atoms with Gasteiger partial charge in [0.25, 0.3) is 5.91 Å². The molecule has 2 aliphatic rings. The predicted octanol–water partition coefficient (Wildman–Crippen LogP) is 0.827. The molecule has 0 radical (unpaired) electrons. The fourth-order valence-electron chi connectivity index (χ4n) is 2.67. The highest BCUT2D eigenvalue weighted by Crippen LogP contribution is 2.25. The second-order valence-corrected chi connectivity index (χ2v) is 5.20. The Hall–Kier alpha value is -1.95. The van der Waals surface area contributed by atoms with Crippen molar-refractivity contribution in [3.63, 3.8) is 0 Å². The van der Waals surface area contributed by atoms with E-state index in [9.17, 15) is 9.59 Å². The van der Waals surface area contributed by atoms with Crippen molar-refractivity contribution < 1.29 is 14.3 Å². The molecule has 6 nitrogen and oxygen atoms in total. The number of pyridine rings is 1. The topological polar surface area (TPSA) is 71.5 Å². The Labute approximate surface area is 117 Å². The highest BCUT2D eigenvalue weighted by Gasteiger charge is 2.28. The average molecular weight is 275 g/mol. The normalized spacial score (nSPS) is 22.1. The minimum atomic E-state index is -0.111. The van der Waals surface area contributed by atoms with E-state index >= 15 is 0 Å². The highest BCUT2D eigenvalue weighted by atomic mass is 16.5. The van der Waals surface area contributed by atoms with Crippen LogP contribution in [0.4, 0.5) is 5.82 Å². The molecule has 3 rings (SSSR count). The van der Waals surface area contributed by atoms with Gasteiger partial charge in [-0.05, 0) is 19.4 Å². The molecule has 1 aromatic rings. The van der Waals surface area contributed by atoms with Crippen LogP contribution < -0.4 is 5.32 Å². The van der Waals surface area contributed by atoms with Crippen molar-refractivity contribution in [2.45, 2.75) is 25.9 Å². The van der Waals surface area contributed by atoms with Gasteiger partial charge < -0.3 is 15.0 Å². The molecule has 0 aliphatic carbocycles. The predicted molar refractivity (Wildman–Crippen MR) is 72.5 cm³/mol. The fourth-order valence-corrected chi connectivity index (χ4v) is 2.67. The van der Waals surface area contributed by atoms with Gasteiger partial charge in [0, 0.05) is 37.0 Å². The first-order valence-electron chi connectivity index (χ1n) is 6.84. The summed E-state index contributed by atoms with van der Waals surface area (Å²) in [5.41, 5.74) is 1.28. The molecule has 2 amide bonds. The summed E-state index contributed by atoms with van der Waals surface area (Å²) in [6.45, 7) is 3.91. The average Bonchev–Trinajstić information content (AvgIpc) is 2.67. The molecule has 0 bridgehead atoms. The van der Waals surface area contributed by atoms with Crippen LogP contribution in [0.15, 0.2) is 12.3 Å². The van der Waals surface area contributed by atoms with Crippen LogP contribution in [0.2, 0.25) is 0 Å². The quantitative estimate of drug-likeness (QED) is 0.824. The van der Waals surface area contributed by atoms with E-state index < -0.39 is 0 Å². The molecule has 106 valence electrons. The molecule has 0 aromatic carbocycles. The van der Waals surface area contributed by atoms with Crippen LogP contribution in [0.3, 0.4) is 0 Å².